The molecule has 9 atom stereocenters. The van der Waals surface area contributed by atoms with Crippen LogP contribution in [0, 0.1) is 46.3 Å². The lowest BCUT2D eigenvalue weighted by Gasteiger charge is -2.62. The molecule has 0 aromatic carbocycles. The lowest BCUT2D eigenvalue weighted by atomic mass is 9.43. The number of rotatable bonds is 5. The second-order valence-electron chi connectivity index (χ2n) is 13.8. The molecule has 0 aromatic heterocycles. The van der Waals surface area contributed by atoms with E-state index in [-0.39, 0.29) is 0 Å². The van der Waals surface area contributed by atoms with Crippen LogP contribution < -0.4 is 0 Å². The summed E-state index contributed by atoms with van der Waals surface area (Å²) in [7, 11) is 0. The summed E-state index contributed by atoms with van der Waals surface area (Å²) in [6, 6.07) is 0. The average molecular weight is 419 g/mol. The van der Waals surface area contributed by atoms with Crippen LogP contribution in [0.3, 0.4) is 0 Å². The van der Waals surface area contributed by atoms with Gasteiger partial charge in [0.05, 0.1) is 11.2 Å². The molecule has 0 amide bonds. The van der Waals surface area contributed by atoms with Gasteiger partial charge >= 0.3 is 0 Å². The van der Waals surface area contributed by atoms with Gasteiger partial charge in [-0.25, -0.2) is 0 Å². The Kier molecular flexibility index (Phi) is 5.97. The molecule has 4 rings (SSSR count). The Balaban J connectivity index is 1.45. The maximum absolute atomic E-state index is 10.7. The third kappa shape index (κ3) is 4.02. The van der Waals surface area contributed by atoms with Crippen molar-refractivity contribution in [3.63, 3.8) is 0 Å². The van der Waals surface area contributed by atoms with Gasteiger partial charge in [-0.3, -0.25) is 0 Å². The van der Waals surface area contributed by atoms with Crippen LogP contribution in [0.4, 0.5) is 0 Å². The smallest absolute Gasteiger partial charge is 0.0622 e. The molecule has 0 radical (unpaired) electrons. The van der Waals surface area contributed by atoms with Crippen molar-refractivity contribution < 1.29 is 10.2 Å². The van der Waals surface area contributed by atoms with Crippen molar-refractivity contribution >= 4 is 0 Å². The van der Waals surface area contributed by atoms with E-state index in [0.717, 1.165) is 61.2 Å². The quantitative estimate of drug-likeness (QED) is 0.506. The zero-order valence-electron chi connectivity index (χ0n) is 20.8. The Morgan fingerprint density at radius 1 is 0.900 bits per heavy atom. The SMILES string of the molecule is C[C@H](CCCC(C)(C)O)C1CC[C@H]2[C@@H]3CC[C@@H]4C[C@@](C)(O)CC[C@]4(C)[C@H]3CC[C@]12C. The lowest BCUT2D eigenvalue weighted by Crippen LogP contribution is -2.55. The van der Waals surface area contributed by atoms with Gasteiger partial charge in [0.2, 0.25) is 0 Å². The summed E-state index contributed by atoms with van der Waals surface area (Å²) in [5, 5.41) is 20.8. The lowest BCUT2D eigenvalue weighted by molar-refractivity contribution is -0.148. The molecule has 4 saturated carbocycles. The van der Waals surface area contributed by atoms with E-state index < -0.39 is 11.2 Å². The molecule has 0 saturated heterocycles. The largest absolute Gasteiger partial charge is 0.390 e. The number of fused-ring (bicyclic) bond motifs is 5. The highest BCUT2D eigenvalue weighted by Gasteiger charge is 2.61. The second kappa shape index (κ2) is 7.75. The highest BCUT2D eigenvalue weighted by molar-refractivity contribution is 5.10. The van der Waals surface area contributed by atoms with Gasteiger partial charge in [0.1, 0.15) is 0 Å². The van der Waals surface area contributed by atoms with E-state index in [1.807, 2.05) is 13.8 Å². The van der Waals surface area contributed by atoms with Crippen LogP contribution in [0.25, 0.3) is 0 Å². The van der Waals surface area contributed by atoms with Gasteiger partial charge in [-0.1, -0.05) is 33.6 Å². The molecule has 0 spiro atoms. The molecule has 2 nitrogen and oxygen atoms in total. The zero-order valence-corrected chi connectivity index (χ0v) is 20.8. The third-order valence-corrected chi connectivity index (χ3v) is 11.2. The summed E-state index contributed by atoms with van der Waals surface area (Å²) in [5.41, 5.74) is 0.0808. The fourth-order valence-electron chi connectivity index (χ4n) is 9.46. The van der Waals surface area contributed by atoms with Gasteiger partial charge in [0, 0.05) is 0 Å². The Morgan fingerprint density at radius 3 is 2.30 bits per heavy atom. The van der Waals surface area contributed by atoms with Crippen LogP contribution >= 0.6 is 0 Å². The first kappa shape index (κ1) is 23.1. The maximum Gasteiger partial charge on any atom is 0.0622 e. The predicted molar refractivity (Wildman–Crippen MR) is 125 cm³/mol. The van der Waals surface area contributed by atoms with Crippen LogP contribution in [0.2, 0.25) is 0 Å². The summed E-state index contributed by atoms with van der Waals surface area (Å²) in [5.74, 6) is 5.16. The van der Waals surface area contributed by atoms with Crippen LogP contribution in [-0.4, -0.2) is 21.4 Å². The van der Waals surface area contributed by atoms with Gasteiger partial charge in [0.25, 0.3) is 0 Å². The van der Waals surface area contributed by atoms with E-state index in [4.69, 9.17) is 0 Å². The Labute approximate surface area is 186 Å². The van der Waals surface area contributed by atoms with Crippen LogP contribution in [-0.2, 0) is 0 Å². The second-order valence-corrected chi connectivity index (χ2v) is 13.8. The van der Waals surface area contributed by atoms with Gasteiger partial charge in [0.15, 0.2) is 0 Å². The molecular formula is C28H50O2. The number of hydrogen-bond donors (Lipinski definition) is 2. The molecule has 2 heteroatoms. The molecule has 4 aliphatic carbocycles. The topological polar surface area (TPSA) is 40.5 Å². The molecule has 4 aliphatic rings. The minimum atomic E-state index is -0.515. The van der Waals surface area contributed by atoms with E-state index in [0.29, 0.717) is 10.8 Å². The van der Waals surface area contributed by atoms with Crippen molar-refractivity contribution in [2.24, 2.45) is 46.3 Å². The van der Waals surface area contributed by atoms with Crippen molar-refractivity contribution in [3.05, 3.63) is 0 Å². The normalized spacial score (nSPS) is 49.8. The molecule has 2 N–H and O–H groups in total. The summed E-state index contributed by atoms with van der Waals surface area (Å²) in [6.45, 7) is 13.8. The van der Waals surface area contributed by atoms with E-state index in [1.54, 1.807) is 0 Å². The predicted octanol–water partition coefficient (Wildman–Crippen LogP) is 6.97. The molecule has 0 aromatic rings. The molecule has 0 heterocycles. The minimum Gasteiger partial charge on any atom is -0.390 e. The molecule has 4 fully saturated rings. The minimum absolute atomic E-state index is 0.419. The summed E-state index contributed by atoms with van der Waals surface area (Å²) < 4.78 is 0. The number of aliphatic hydroxyl groups is 2. The van der Waals surface area contributed by atoms with Crippen molar-refractivity contribution in [1.82, 2.24) is 0 Å². The summed E-state index contributed by atoms with van der Waals surface area (Å²) in [6.07, 6.45) is 15.2. The highest BCUT2D eigenvalue weighted by atomic mass is 16.3. The van der Waals surface area contributed by atoms with Crippen molar-refractivity contribution in [2.45, 2.75) is 130 Å². The number of hydrogen-bond acceptors (Lipinski definition) is 2. The van der Waals surface area contributed by atoms with Crippen molar-refractivity contribution in [3.8, 4) is 0 Å². The fourth-order valence-corrected chi connectivity index (χ4v) is 9.46. The van der Waals surface area contributed by atoms with Gasteiger partial charge in [-0.2, -0.15) is 0 Å². The van der Waals surface area contributed by atoms with Gasteiger partial charge in [-0.05, 0) is 131 Å². The third-order valence-electron chi connectivity index (χ3n) is 11.2. The van der Waals surface area contributed by atoms with Crippen molar-refractivity contribution in [1.29, 1.82) is 0 Å². The van der Waals surface area contributed by atoms with Gasteiger partial charge < -0.3 is 10.2 Å². The standard InChI is InChI=1S/C28H50O2/c1-19(8-7-14-25(2,3)29)22-11-12-23-21-10-9-20-18-26(4,30)16-17-27(20,5)24(21)13-15-28(22,23)6/h19-24,29-30H,7-18H2,1-6H3/t19-,20-,21+,22?,23+,24+,26+,27+,28-/m1/s1. The van der Waals surface area contributed by atoms with Crippen LogP contribution in [0.15, 0.2) is 0 Å². The Hall–Kier alpha value is -0.0800. The van der Waals surface area contributed by atoms with Crippen molar-refractivity contribution in [2.75, 3.05) is 0 Å². The van der Waals surface area contributed by atoms with E-state index in [1.165, 1.54) is 51.4 Å². The van der Waals surface area contributed by atoms with E-state index in [2.05, 4.69) is 27.7 Å². The average Bonchev–Trinajstić information content (AvgIpc) is 2.98. The first-order valence-corrected chi connectivity index (χ1v) is 13.3. The van der Waals surface area contributed by atoms with Crippen LogP contribution in [0.5, 0.6) is 0 Å². The first-order chi connectivity index (χ1) is 13.9. The van der Waals surface area contributed by atoms with E-state index >= 15 is 0 Å². The Bertz CT molecular complexity index is 619. The zero-order chi connectivity index (χ0) is 21.9. The monoisotopic (exact) mass is 418 g/mol. The first-order valence-electron chi connectivity index (χ1n) is 13.3. The molecule has 0 bridgehead atoms. The maximum atomic E-state index is 10.7. The molecule has 1 unspecified atom stereocenters. The summed E-state index contributed by atoms with van der Waals surface area (Å²) in [4.78, 5) is 0. The van der Waals surface area contributed by atoms with E-state index in [9.17, 15) is 10.2 Å². The molecule has 30 heavy (non-hydrogen) atoms. The molecule has 0 aliphatic heterocycles. The molecular weight excluding hydrogens is 368 g/mol. The fraction of sp³-hybridized carbons (Fsp3) is 1.00. The van der Waals surface area contributed by atoms with Gasteiger partial charge in [-0.15, -0.1) is 0 Å². The summed E-state index contributed by atoms with van der Waals surface area (Å²) >= 11 is 0. The highest BCUT2D eigenvalue weighted by Crippen LogP contribution is 2.68. The molecule has 174 valence electrons. The van der Waals surface area contributed by atoms with Crippen LogP contribution in [0.1, 0.15) is 119 Å². The Morgan fingerprint density at radius 2 is 1.60 bits per heavy atom.